The smallest absolute Gasteiger partial charge is 0.401 e. The van der Waals surface area contributed by atoms with Crippen LogP contribution in [0.5, 0.6) is 0 Å². The number of aromatic carboxylic acids is 1. The van der Waals surface area contributed by atoms with E-state index in [0.29, 0.717) is 0 Å². The van der Waals surface area contributed by atoms with E-state index in [2.05, 4.69) is 10.1 Å². The zero-order valence-corrected chi connectivity index (χ0v) is 13.4. The van der Waals surface area contributed by atoms with Gasteiger partial charge in [0.25, 0.3) is 0 Å². The number of carbonyl (C=O) groups is 1. The maximum atomic E-state index is 14.4. The summed E-state index contributed by atoms with van der Waals surface area (Å²) in [7, 11) is 0. The zero-order valence-electron chi connectivity index (χ0n) is 13.4. The molecule has 3 rings (SSSR count). The first-order valence-electron chi connectivity index (χ1n) is 7.71. The van der Waals surface area contributed by atoms with Gasteiger partial charge in [-0.15, -0.1) is 0 Å². The van der Waals surface area contributed by atoms with Crippen molar-refractivity contribution in [3.8, 4) is 5.69 Å². The SMILES string of the molecule is O=C(O)c1cnn(-c2cnc(N3CCN(CC(F)(F)F)CC3)c(F)c2)c1. The number of hydrogen-bond donors (Lipinski definition) is 1. The summed E-state index contributed by atoms with van der Waals surface area (Å²) in [6.45, 7) is -0.220. The van der Waals surface area contributed by atoms with Gasteiger partial charge in [-0.3, -0.25) is 4.90 Å². The monoisotopic (exact) mass is 373 g/mol. The molecule has 1 saturated heterocycles. The Morgan fingerprint density at radius 3 is 2.42 bits per heavy atom. The lowest BCUT2D eigenvalue weighted by Crippen LogP contribution is -2.49. The van der Waals surface area contributed by atoms with E-state index < -0.39 is 24.5 Å². The molecule has 0 unspecified atom stereocenters. The second kappa shape index (κ2) is 6.90. The Balaban J connectivity index is 1.69. The van der Waals surface area contributed by atoms with Crippen molar-refractivity contribution in [3.05, 3.63) is 36.0 Å². The van der Waals surface area contributed by atoms with E-state index in [-0.39, 0.29) is 43.2 Å². The normalized spacial score (nSPS) is 16.1. The van der Waals surface area contributed by atoms with Crippen LogP contribution in [0.3, 0.4) is 0 Å². The molecule has 26 heavy (non-hydrogen) atoms. The summed E-state index contributed by atoms with van der Waals surface area (Å²) in [5.41, 5.74) is 0.199. The number of alkyl halides is 3. The summed E-state index contributed by atoms with van der Waals surface area (Å²) in [5, 5.41) is 12.7. The summed E-state index contributed by atoms with van der Waals surface area (Å²) in [4.78, 5) is 17.7. The average molecular weight is 373 g/mol. The number of rotatable bonds is 4. The van der Waals surface area contributed by atoms with Gasteiger partial charge in [0, 0.05) is 38.4 Å². The molecule has 11 heteroatoms. The number of piperazine rings is 1. The third-order valence-electron chi connectivity index (χ3n) is 3.98. The van der Waals surface area contributed by atoms with Gasteiger partial charge in [-0.25, -0.2) is 18.9 Å². The van der Waals surface area contributed by atoms with Crippen LogP contribution in [-0.4, -0.2) is 69.6 Å². The van der Waals surface area contributed by atoms with Crippen LogP contribution in [0.2, 0.25) is 0 Å². The van der Waals surface area contributed by atoms with E-state index in [1.54, 1.807) is 4.90 Å². The van der Waals surface area contributed by atoms with Gasteiger partial charge in [0.05, 0.1) is 30.2 Å². The molecule has 0 saturated carbocycles. The molecule has 2 aromatic heterocycles. The highest BCUT2D eigenvalue weighted by atomic mass is 19.4. The average Bonchev–Trinajstić information content (AvgIpc) is 3.04. The maximum absolute atomic E-state index is 14.4. The first-order chi connectivity index (χ1) is 12.2. The Hall–Kier alpha value is -2.69. The number of hydrogen-bond acceptors (Lipinski definition) is 5. The molecule has 0 bridgehead atoms. The number of pyridine rings is 1. The van der Waals surface area contributed by atoms with E-state index >= 15 is 0 Å². The van der Waals surface area contributed by atoms with Crippen molar-refractivity contribution >= 4 is 11.8 Å². The van der Waals surface area contributed by atoms with Crippen LogP contribution in [0.4, 0.5) is 23.4 Å². The molecule has 0 radical (unpaired) electrons. The van der Waals surface area contributed by atoms with Crippen LogP contribution in [0.15, 0.2) is 24.7 Å². The molecule has 0 spiro atoms. The topological polar surface area (TPSA) is 74.5 Å². The molecule has 0 atom stereocenters. The standard InChI is InChI=1S/C15H15F4N5O2/c16-12-5-11(24-8-10(6-21-24)14(25)26)7-20-13(12)23-3-1-22(2-4-23)9-15(17,18)19/h5-8H,1-4,9H2,(H,25,26). The van der Waals surface area contributed by atoms with Gasteiger partial charge in [-0.2, -0.15) is 18.3 Å². The van der Waals surface area contributed by atoms with Gasteiger partial charge in [0.2, 0.25) is 0 Å². The molecule has 0 aliphatic carbocycles. The number of anilines is 1. The van der Waals surface area contributed by atoms with Gasteiger partial charge >= 0.3 is 12.1 Å². The second-order valence-electron chi connectivity index (χ2n) is 5.86. The van der Waals surface area contributed by atoms with E-state index in [0.717, 1.165) is 12.3 Å². The molecule has 1 N–H and O–H groups in total. The Morgan fingerprint density at radius 2 is 1.88 bits per heavy atom. The third kappa shape index (κ3) is 4.10. The predicted molar refractivity (Wildman–Crippen MR) is 83.0 cm³/mol. The number of carboxylic acid groups (broad SMARTS) is 1. The second-order valence-corrected chi connectivity index (χ2v) is 5.86. The Bertz CT molecular complexity index is 800. The van der Waals surface area contributed by atoms with Crippen LogP contribution < -0.4 is 4.90 Å². The summed E-state index contributed by atoms with van der Waals surface area (Å²) >= 11 is 0. The number of carboxylic acids is 1. The Labute approximate surface area is 145 Å². The van der Waals surface area contributed by atoms with Crippen LogP contribution in [-0.2, 0) is 0 Å². The summed E-state index contributed by atoms with van der Waals surface area (Å²) in [5.74, 6) is -1.76. The minimum Gasteiger partial charge on any atom is -0.478 e. The minimum absolute atomic E-state index is 0.0460. The van der Waals surface area contributed by atoms with Crippen LogP contribution in [0.25, 0.3) is 5.69 Å². The molecule has 0 amide bonds. The van der Waals surface area contributed by atoms with Gasteiger partial charge in [0.1, 0.15) is 0 Å². The third-order valence-corrected chi connectivity index (χ3v) is 3.98. The van der Waals surface area contributed by atoms with Crippen LogP contribution in [0.1, 0.15) is 10.4 Å². The largest absolute Gasteiger partial charge is 0.478 e. The van der Waals surface area contributed by atoms with Crippen LogP contribution >= 0.6 is 0 Å². The Kier molecular flexibility index (Phi) is 4.81. The lowest BCUT2D eigenvalue weighted by atomic mass is 10.3. The summed E-state index contributed by atoms with van der Waals surface area (Å²) in [6, 6.07) is 1.16. The fourth-order valence-electron chi connectivity index (χ4n) is 2.72. The number of aromatic nitrogens is 3. The van der Waals surface area contributed by atoms with Crippen molar-refractivity contribution < 1.29 is 27.5 Å². The summed E-state index contributed by atoms with van der Waals surface area (Å²) < 4.78 is 52.8. The highest BCUT2D eigenvalue weighted by Gasteiger charge is 2.32. The van der Waals surface area contributed by atoms with Crippen molar-refractivity contribution in [2.24, 2.45) is 0 Å². The van der Waals surface area contributed by atoms with E-state index in [1.807, 2.05) is 0 Å². The highest BCUT2D eigenvalue weighted by Crippen LogP contribution is 2.22. The van der Waals surface area contributed by atoms with Crippen molar-refractivity contribution in [2.45, 2.75) is 6.18 Å². The molecule has 140 valence electrons. The van der Waals surface area contributed by atoms with Crippen molar-refractivity contribution in [3.63, 3.8) is 0 Å². The lowest BCUT2D eigenvalue weighted by Gasteiger charge is -2.35. The van der Waals surface area contributed by atoms with Crippen molar-refractivity contribution in [1.29, 1.82) is 0 Å². The molecular weight excluding hydrogens is 358 g/mol. The van der Waals surface area contributed by atoms with Gasteiger partial charge < -0.3 is 10.0 Å². The molecule has 1 aliphatic heterocycles. The van der Waals surface area contributed by atoms with E-state index in [9.17, 15) is 22.4 Å². The molecule has 7 nitrogen and oxygen atoms in total. The number of nitrogens with zero attached hydrogens (tertiary/aromatic N) is 5. The molecule has 0 aromatic carbocycles. The number of halogens is 4. The molecule has 3 heterocycles. The maximum Gasteiger partial charge on any atom is 0.401 e. The van der Waals surface area contributed by atoms with E-state index in [4.69, 9.17) is 5.11 Å². The molecule has 2 aromatic rings. The molecular formula is C15H15F4N5O2. The van der Waals surface area contributed by atoms with Crippen molar-refractivity contribution in [1.82, 2.24) is 19.7 Å². The van der Waals surface area contributed by atoms with E-state index in [1.165, 1.54) is 22.0 Å². The Morgan fingerprint density at radius 1 is 1.19 bits per heavy atom. The summed E-state index contributed by atoms with van der Waals surface area (Å²) in [6.07, 6.45) is -0.562. The fraction of sp³-hybridized carbons (Fsp3) is 0.400. The van der Waals surface area contributed by atoms with Gasteiger partial charge in [0.15, 0.2) is 11.6 Å². The minimum atomic E-state index is -4.26. The van der Waals surface area contributed by atoms with Gasteiger partial charge in [-0.05, 0) is 0 Å². The lowest BCUT2D eigenvalue weighted by molar-refractivity contribution is -0.146. The van der Waals surface area contributed by atoms with Crippen molar-refractivity contribution in [2.75, 3.05) is 37.6 Å². The zero-order chi connectivity index (χ0) is 18.9. The fourth-order valence-corrected chi connectivity index (χ4v) is 2.72. The van der Waals surface area contributed by atoms with Gasteiger partial charge in [-0.1, -0.05) is 0 Å². The molecule has 1 fully saturated rings. The first-order valence-corrected chi connectivity index (χ1v) is 7.71. The highest BCUT2D eigenvalue weighted by molar-refractivity contribution is 5.86. The molecule has 1 aliphatic rings. The predicted octanol–water partition coefficient (Wildman–Crippen LogP) is 1.79. The quantitative estimate of drug-likeness (QED) is 0.824. The van der Waals surface area contributed by atoms with Crippen LogP contribution in [0, 0.1) is 5.82 Å². The first kappa shape index (κ1) is 18.1.